The van der Waals surface area contributed by atoms with Gasteiger partial charge in [0.1, 0.15) is 5.82 Å². The molecule has 0 N–H and O–H groups in total. The Morgan fingerprint density at radius 2 is 1.18 bits per heavy atom. The van der Waals surface area contributed by atoms with Crippen LogP contribution in [0.1, 0.15) is 12.8 Å². The zero-order valence-corrected chi connectivity index (χ0v) is 19.6. The summed E-state index contributed by atoms with van der Waals surface area (Å²) in [6, 6.07) is 12.9. The van der Waals surface area contributed by atoms with Crippen LogP contribution in [0.4, 0.5) is 4.39 Å². The van der Waals surface area contributed by atoms with E-state index in [1.54, 1.807) is 35.2 Å². The molecule has 0 bridgehead atoms. The lowest BCUT2D eigenvalue weighted by molar-refractivity contribution is -0.137. The quantitative estimate of drug-likeness (QED) is 0.630. The number of carbonyl (C=O) groups excluding carboxylic acids is 1. The molecular weight excluding hydrogens is 469 g/mol. The average Bonchev–Trinajstić information content (AvgIpc) is 2.84. The maximum absolute atomic E-state index is 13.1. The first-order valence-corrected chi connectivity index (χ1v) is 13.7. The van der Waals surface area contributed by atoms with Gasteiger partial charge in [-0.1, -0.05) is 18.2 Å². The Kier molecular flexibility index (Phi) is 6.85. The van der Waals surface area contributed by atoms with Crippen molar-refractivity contribution in [3.8, 4) is 0 Å². The molecule has 8 nitrogen and oxygen atoms in total. The van der Waals surface area contributed by atoms with Crippen LogP contribution in [-0.2, 0) is 24.8 Å². The van der Waals surface area contributed by atoms with Crippen molar-refractivity contribution in [2.45, 2.75) is 22.6 Å². The van der Waals surface area contributed by atoms with Crippen LogP contribution < -0.4 is 0 Å². The van der Waals surface area contributed by atoms with Crippen LogP contribution in [0, 0.1) is 11.7 Å². The van der Waals surface area contributed by atoms with Crippen LogP contribution in [0.5, 0.6) is 0 Å². The highest BCUT2D eigenvalue weighted by molar-refractivity contribution is 7.89. The fourth-order valence-electron chi connectivity index (χ4n) is 4.25. The topological polar surface area (TPSA) is 95.1 Å². The molecule has 2 aromatic carbocycles. The minimum Gasteiger partial charge on any atom is -0.340 e. The van der Waals surface area contributed by atoms with Gasteiger partial charge < -0.3 is 4.90 Å². The van der Waals surface area contributed by atoms with Gasteiger partial charge in [-0.15, -0.1) is 0 Å². The number of piperazine rings is 1. The summed E-state index contributed by atoms with van der Waals surface area (Å²) in [7, 11) is -7.32. The summed E-state index contributed by atoms with van der Waals surface area (Å²) < 4.78 is 66.9. The zero-order valence-electron chi connectivity index (χ0n) is 18.0. The van der Waals surface area contributed by atoms with Gasteiger partial charge in [0.15, 0.2) is 0 Å². The molecule has 0 unspecified atom stereocenters. The van der Waals surface area contributed by atoms with E-state index in [0.29, 0.717) is 25.9 Å². The van der Waals surface area contributed by atoms with Crippen molar-refractivity contribution >= 4 is 26.0 Å². The molecule has 0 atom stereocenters. The highest BCUT2D eigenvalue weighted by Crippen LogP contribution is 2.26. The summed E-state index contributed by atoms with van der Waals surface area (Å²) in [5.74, 6) is -0.873. The van der Waals surface area contributed by atoms with Gasteiger partial charge in [0.2, 0.25) is 26.0 Å². The van der Waals surface area contributed by atoms with Crippen molar-refractivity contribution in [1.82, 2.24) is 13.5 Å². The van der Waals surface area contributed by atoms with E-state index >= 15 is 0 Å². The second-order valence-electron chi connectivity index (χ2n) is 8.17. The van der Waals surface area contributed by atoms with Crippen LogP contribution in [0.25, 0.3) is 0 Å². The highest BCUT2D eigenvalue weighted by Gasteiger charge is 2.36. The first-order chi connectivity index (χ1) is 15.7. The Morgan fingerprint density at radius 3 is 1.73 bits per heavy atom. The first kappa shape index (κ1) is 23.8. The fraction of sp³-hybridized carbons (Fsp3) is 0.409. The van der Waals surface area contributed by atoms with Crippen molar-refractivity contribution in [2.75, 3.05) is 39.3 Å². The third kappa shape index (κ3) is 4.96. The number of halogens is 1. The molecular formula is C22H26FN3O5S2. The molecule has 2 fully saturated rings. The number of amides is 1. The molecule has 11 heteroatoms. The lowest BCUT2D eigenvalue weighted by Gasteiger charge is -2.37. The summed E-state index contributed by atoms with van der Waals surface area (Å²) in [6.45, 7) is 1.47. The summed E-state index contributed by atoms with van der Waals surface area (Å²) >= 11 is 0. The molecule has 178 valence electrons. The lowest BCUT2D eigenvalue weighted by Crippen LogP contribution is -2.53. The Hall–Kier alpha value is -2.34. The normalized spacial score (nSPS) is 19.5. The minimum atomic E-state index is -3.73. The van der Waals surface area contributed by atoms with Crippen molar-refractivity contribution in [3.05, 3.63) is 60.4 Å². The molecule has 2 heterocycles. The number of hydrogen-bond acceptors (Lipinski definition) is 5. The molecule has 0 radical (unpaired) electrons. The summed E-state index contributed by atoms with van der Waals surface area (Å²) in [4.78, 5) is 14.9. The number of piperidine rings is 1. The van der Waals surface area contributed by atoms with Crippen LogP contribution in [0.3, 0.4) is 0 Å². The smallest absolute Gasteiger partial charge is 0.243 e. The molecule has 0 aliphatic carbocycles. The van der Waals surface area contributed by atoms with Gasteiger partial charge in [-0.05, 0) is 49.2 Å². The monoisotopic (exact) mass is 495 g/mol. The number of carbonyl (C=O) groups is 1. The van der Waals surface area contributed by atoms with Crippen molar-refractivity contribution in [2.24, 2.45) is 5.92 Å². The number of sulfonamides is 2. The zero-order chi connectivity index (χ0) is 23.6. The van der Waals surface area contributed by atoms with Gasteiger partial charge in [-0.3, -0.25) is 4.79 Å². The third-order valence-electron chi connectivity index (χ3n) is 6.19. The fourth-order valence-corrected chi connectivity index (χ4v) is 7.16. The van der Waals surface area contributed by atoms with Crippen molar-refractivity contribution < 1.29 is 26.0 Å². The van der Waals surface area contributed by atoms with E-state index in [9.17, 15) is 26.0 Å². The number of nitrogens with zero attached hydrogens (tertiary/aromatic N) is 3. The van der Waals surface area contributed by atoms with Gasteiger partial charge in [0.05, 0.1) is 9.79 Å². The van der Waals surface area contributed by atoms with Crippen LogP contribution >= 0.6 is 0 Å². The van der Waals surface area contributed by atoms with Gasteiger partial charge in [0.25, 0.3) is 0 Å². The number of benzene rings is 2. The van der Waals surface area contributed by atoms with Crippen LogP contribution in [0.15, 0.2) is 64.4 Å². The van der Waals surface area contributed by atoms with E-state index in [0.717, 1.165) is 12.1 Å². The molecule has 0 saturated carbocycles. The molecule has 2 saturated heterocycles. The second-order valence-corrected chi connectivity index (χ2v) is 12.1. The van der Waals surface area contributed by atoms with E-state index in [1.807, 2.05) is 0 Å². The SMILES string of the molecule is O=C(C1CCN(S(=O)(=O)c2ccc(F)cc2)CC1)N1CCN(S(=O)(=O)c2ccccc2)CC1. The Bertz CT molecular complexity index is 1190. The van der Waals surface area contributed by atoms with Crippen molar-refractivity contribution in [1.29, 1.82) is 0 Å². The molecule has 2 aromatic rings. The molecule has 0 spiro atoms. The standard InChI is InChI=1S/C22H26FN3O5S2/c23-19-6-8-21(9-7-19)33(30,31)25-12-10-18(11-13-25)22(27)24-14-16-26(17-15-24)32(28,29)20-4-2-1-3-5-20/h1-9,18H,10-17H2. The van der Waals surface area contributed by atoms with E-state index in [1.165, 1.54) is 20.7 Å². The lowest BCUT2D eigenvalue weighted by atomic mass is 9.96. The summed E-state index contributed by atoms with van der Waals surface area (Å²) in [5, 5.41) is 0. The predicted octanol–water partition coefficient (Wildman–Crippen LogP) is 1.76. The van der Waals surface area contributed by atoms with Gasteiger partial charge in [-0.2, -0.15) is 8.61 Å². The van der Waals surface area contributed by atoms with Crippen molar-refractivity contribution in [3.63, 3.8) is 0 Å². The highest BCUT2D eigenvalue weighted by atomic mass is 32.2. The number of rotatable bonds is 5. The maximum atomic E-state index is 13.1. The Morgan fingerprint density at radius 1 is 0.697 bits per heavy atom. The Labute approximate surface area is 193 Å². The summed E-state index contributed by atoms with van der Waals surface area (Å²) in [5.41, 5.74) is 0. The average molecular weight is 496 g/mol. The third-order valence-corrected chi connectivity index (χ3v) is 10.0. The molecule has 2 aliphatic rings. The second kappa shape index (κ2) is 9.49. The van der Waals surface area contributed by atoms with Gasteiger partial charge in [0, 0.05) is 45.2 Å². The summed E-state index contributed by atoms with van der Waals surface area (Å²) in [6.07, 6.45) is 0.781. The number of hydrogen-bond donors (Lipinski definition) is 0. The molecule has 2 aliphatic heterocycles. The minimum absolute atomic E-state index is 0.0319. The molecule has 1 amide bonds. The van der Waals surface area contributed by atoms with Gasteiger partial charge in [-0.25, -0.2) is 21.2 Å². The van der Waals surface area contributed by atoms with Crippen LogP contribution in [-0.4, -0.2) is 75.5 Å². The molecule has 0 aromatic heterocycles. The van der Waals surface area contributed by atoms with E-state index in [-0.39, 0.29) is 47.8 Å². The van der Waals surface area contributed by atoms with Gasteiger partial charge >= 0.3 is 0 Å². The van der Waals surface area contributed by atoms with E-state index < -0.39 is 25.9 Å². The molecule has 33 heavy (non-hydrogen) atoms. The first-order valence-electron chi connectivity index (χ1n) is 10.8. The molecule has 4 rings (SSSR count). The maximum Gasteiger partial charge on any atom is 0.243 e. The Balaban J connectivity index is 1.32. The van der Waals surface area contributed by atoms with E-state index in [4.69, 9.17) is 0 Å². The van der Waals surface area contributed by atoms with Crippen LogP contribution in [0.2, 0.25) is 0 Å². The van der Waals surface area contributed by atoms with E-state index in [2.05, 4.69) is 0 Å². The predicted molar refractivity (Wildman–Crippen MR) is 120 cm³/mol. The largest absolute Gasteiger partial charge is 0.340 e.